The third-order valence-electron chi connectivity index (χ3n) is 3.81. The lowest BCUT2D eigenvalue weighted by Gasteiger charge is -2.24. The summed E-state index contributed by atoms with van der Waals surface area (Å²) in [4.78, 5) is 2.16. The third kappa shape index (κ3) is 6.26. The van der Waals surface area contributed by atoms with Crippen molar-refractivity contribution in [3.05, 3.63) is 71.8 Å². The van der Waals surface area contributed by atoms with Gasteiger partial charge >= 0.3 is 0 Å². The molecule has 0 aliphatic carbocycles. The number of nitrogens with zero attached hydrogens (tertiary/aromatic N) is 2. The van der Waals surface area contributed by atoms with Crippen LogP contribution in [0.15, 0.2) is 65.8 Å². The quantitative estimate of drug-likeness (QED) is 0.308. The van der Waals surface area contributed by atoms with Crippen molar-refractivity contribution in [1.82, 2.24) is 15.8 Å². The molecule has 0 aliphatic rings. The van der Waals surface area contributed by atoms with Crippen LogP contribution in [-0.4, -0.2) is 36.4 Å². The largest absolute Gasteiger partial charge is 0.308 e. The molecular weight excluding hydrogens is 330 g/mol. The summed E-state index contributed by atoms with van der Waals surface area (Å²) in [5.74, 6) is 5.49. The molecule has 0 saturated heterocycles. The molecule has 0 spiro atoms. The fourth-order valence-corrected chi connectivity index (χ4v) is 2.70. The molecule has 0 aromatic heterocycles. The molecule has 0 amide bonds. The van der Waals surface area contributed by atoms with Crippen LogP contribution in [0.3, 0.4) is 0 Å². The van der Waals surface area contributed by atoms with Crippen LogP contribution in [0.4, 0.5) is 0 Å². The maximum Gasteiger partial charge on any atom is 0.201 e. The van der Waals surface area contributed by atoms with E-state index in [9.17, 15) is 0 Å². The topological polar surface area (TPSA) is 65.7 Å². The number of likely N-dealkylation sites (N-methyl/N-ethyl adjacent to an activating group) is 1. The standard InChI is InChI=1S/C19H25N5S/c1-24(2)14-17(16-11-7-4-8-12-16)18(22-23-19(25)21-20)13-15-9-5-3-6-10-15/h3-12,17H,13-14,20H2,1-2H3,(H2,21,23,25)/b22-18-. The van der Waals surface area contributed by atoms with Crippen LogP contribution in [0.25, 0.3) is 0 Å². The first-order valence-electron chi connectivity index (χ1n) is 8.16. The minimum atomic E-state index is 0.143. The summed E-state index contributed by atoms with van der Waals surface area (Å²) >= 11 is 5.06. The molecule has 6 heteroatoms. The lowest BCUT2D eigenvalue weighted by atomic mass is 9.90. The molecule has 0 radical (unpaired) electrons. The Morgan fingerprint density at radius 2 is 1.68 bits per heavy atom. The first-order chi connectivity index (χ1) is 12.1. The van der Waals surface area contributed by atoms with Crippen molar-refractivity contribution < 1.29 is 0 Å². The van der Waals surface area contributed by atoms with E-state index in [4.69, 9.17) is 18.1 Å². The van der Waals surface area contributed by atoms with Gasteiger partial charge in [-0.15, -0.1) is 0 Å². The van der Waals surface area contributed by atoms with Gasteiger partial charge in [-0.3, -0.25) is 10.9 Å². The molecule has 0 aliphatic heterocycles. The van der Waals surface area contributed by atoms with Crippen molar-refractivity contribution in [3.8, 4) is 0 Å². The second kappa shape index (κ2) is 9.88. The molecule has 2 aromatic carbocycles. The number of hydrogen-bond donors (Lipinski definition) is 3. The highest BCUT2D eigenvalue weighted by atomic mass is 32.1. The van der Waals surface area contributed by atoms with Crippen molar-refractivity contribution in [1.29, 1.82) is 0 Å². The van der Waals surface area contributed by atoms with Gasteiger partial charge in [-0.1, -0.05) is 60.7 Å². The van der Waals surface area contributed by atoms with E-state index in [1.165, 1.54) is 11.1 Å². The second-order valence-electron chi connectivity index (χ2n) is 6.08. The van der Waals surface area contributed by atoms with Crippen molar-refractivity contribution in [3.63, 3.8) is 0 Å². The highest BCUT2D eigenvalue weighted by molar-refractivity contribution is 7.80. The zero-order valence-corrected chi connectivity index (χ0v) is 15.5. The van der Waals surface area contributed by atoms with Gasteiger partial charge in [-0.2, -0.15) is 5.10 Å². The number of hydrazone groups is 1. The molecule has 2 aromatic rings. The first-order valence-corrected chi connectivity index (χ1v) is 8.57. The summed E-state index contributed by atoms with van der Waals surface area (Å²) in [6.45, 7) is 0.847. The van der Waals surface area contributed by atoms with E-state index in [-0.39, 0.29) is 5.92 Å². The smallest absolute Gasteiger partial charge is 0.201 e. The van der Waals surface area contributed by atoms with E-state index in [2.05, 4.69) is 71.3 Å². The number of hydrazine groups is 1. The van der Waals surface area contributed by atoms with Gasteiger partial charge in [0.05, 0.1) is 5.71 Å². The Kier molecular flexibility index (Phi) is 7.53. The predicted molar refractivity (Wildman–Crippen MR) is 108 cm³/mol. The molecule has 0 heterocycles. The molecule has 1 atom stereocenters. The molecule has 0 saturated carbocycles. The number of thiocarbonyl (C=S) groups is 1. The zero-order valence-electron chi connectivity index (χ0n) is 14.6. The van der Waals surface area contributed by atoms with Gasteiger partial charge in [0.15, 0.2) is 0 Å². The van der Waals surface area contributed by atoms with Gasteiger partial charge in [0.25, 0.3) is 0 Å². The molecule has 0 fully saturated rings. The Morgan fingerprint density at radius 3 is 2.24 bits per heavy atom. The molecule has 132 valence electrons. The summed E-state index contributed by atoms with van der Waals surface area (Å²) < 4.78 is 0. The number of rotatable bonds is 7. The Labute approximate surface area is 154 Å². The number of hydrogen-bond acceptors (Lipinski definition) is 4. The van der Waals surface area contributed by atoms with Crippen molar-refractivity contribution in [2.24, 2.45) is 10.9 Å². The molecule has 0 bridgehead atoms. The van der Waals surface area contributed by atoms with Crippen LogP contribution >= 0.6 is 12.2 Å². The highest BCUT2D eigenvalue weighted by Gasteiger charge is 2.20. The third-order valence-corrected chi connectivity index (χ3v) is 4.02. The van der Waals surface area contributed by atoms with Crippen molar-refractivity contribution in [2.75, 3.05) is 20.6 Å². The van der Waals surface area contributed by atoms with Crippen LogP contribution in [-0.2, 0) is 6.42 Å². The van der Waals surface area contributed by atoms with Gasteiger partial charge in [0.2, 0.25) is 5.11 Å². The molecule has 1 unspecified atom stereocenters. The molecule has 25 heavy (non-hydrogen) atoms. The average Bonchev–Trinajstić information content (AvgIpc) is 2.64. The maximum atomic E-state index is 5.35. The van der Waals surface area contributed by atoms with Crippen LogP contribution in [0.5, 0.6) is 0 Å². The maximum absolute atomic E-state index is 5.35. The van der Waals surface area contributed by atoms with E-state index in [0.29, 0.717) is 5.11 Å². The lowest BCUT2D eigenvalue weighted by molar-refractivity contribution is 0.401. The Bertz CT molecular complexity index is 685. The number of nitrogens with one attached hydrogen (secondary N) is 2. The normalized spacial score (nSPS) is 12.7. The van der Waals surface area contributed by atoms with Crippen LogP contribution in [0, 0.1) is 0 Å². The summed E-state index contributed by atoms with van der Waals surface area (Å²) in [6.07, 6.45) is 0.731. The van der Waals surface area contributed by atoms with E-state index in [1.54, 1.807) is 0 Å². The minimum absolute atomic E-state index is 0.143. The summed E-state index contributed by atoms with van der Waals surface area (Å²) in [5, 5.41) is 4.87. The fraction of sp³-hybridized carbons (Fsp3) is 0.263. The van der Waals surface area contributed by atoms with Gasteiger partial charge in [-0.05, 0) is 37.4 Å². The monoisotopic (exact) mass is 355 g/mol. The van der Waals surface area contributed by atoms with E-state index >= 15 is 0 Å². The fourth-order valence-electron chi connectivity index (χ4n) is 2.65. The van der Waals surface area contributed by atoms with Crippen molar-refractivity contribution >= 4 is 23.0 Å². The average molecular weight is 356 g/mol. The van der Waals surface area contributed by atoms with Gasteiger partial charge in [-0.25, -0.2) is 5.84 Å². The second-order valence-corrected chi connectivity index (χ2v) is 6.48. The van der Waals surface area contributed by atoms with Gasteiger partial charge in [0.1, 0.15) is 0 Å². The van der Waals surface area contributed by atoms with Crippen LogP contribution in [0.2, 0.25) is 0 Å². The van der Waals surface area contributed by atoms with E-state index in [0.717, 1.165) is 18.7 Å². The first kappa shape index (κ1) is 19.1. The summed E-state index contributed by atoms with van der Waals surface area (Å²) in [6, 6.07) is 20.7. The van der Waals surface area contributed by atoms with Gasteiger partial charge < -0.3 is 4.90 Å². The summed E-state index contributed by atoms with van der Waals surface area (Å²) in [5.41, 5.74) is 8.68. The number of nitrogens with two attached hydrogens (primary N) is 1. The van der Waals surface area contributed by atoms with E-state index < -0.39 is 0 Å². The Balaban J connectivity index is 2.36. The van der Waals surface area contributed by atoms with Crippen LogP contribution < -0.4 is 16.7 Å². The SMILES string of the molecule is CN(C)CC(/C(Cc1ccccc1)=N\NC(=S)NN)c1ccccc1. The molecule has 5 nitrogen and oxygen atoms in total. The molecule has 2 rings (SSSR count). The van der Waals surface area contributed by atoms with Crippen LogP contribution in [0.1, 0.15) is 17.0 Å². The molecule has 4 N–H and O–H groups in total. The van der Waals surface area contributed by atoms with Gasteiger partial charge in [0, 0.05) is 18.9 Å². The molecular formula is C19H25N5S. The Morgan fingerprint density at radius 1 is 1.08 bits per heavy atom. The summed E-state index contributed by atoms with van der Waals surface area (Å²) in [7, 11) is 4.13. The minimum Gasteiger partial charge on any atom is -0.308 e. The zero-order chi connectivity index (χ0) is 18.1. The lowest BCUT2D eigenvalue weighted by Crippen LogP contribution is -2.38. The predicted octanol–water partition coefficient (Wildman–Crippen LogP) is 2.27. The van der Waals surface area contributed by atoms with E-state index in [1.807, 2.05) is 24.3 Å². The Hall–Kier alpha value is -2.28. The van der Waals surface area contributed by atoms with Crippen molar-refractivity contribution in [2.45, 2.75) is 12.3 Å². The highest BCUT2D eigenvalue weighted by Crippen LogP contribution is 2.21. The number of benzene rings is 2.